The quantitative estimate of drug-likeness (QED) is 0.662. The first-order chi connectivity index (χ1) is 15.7. The van der Waals surface area contributed by atoms with Crippen molar-refractivity contribution >= 4 is 15.9 Å². The van der Waals surface area contributed by atoms with Gasteiger partial charge in [-0.2, -0.15) is 4.31 Å². The van der Waals surface area contributed by atoms with Gasteiger partial charge >= 0.3 is 0 Å². The lowest BCUT2D eigenvalue weighted by Gasteiger charge is -2.31. The summed E-state index contributed by atoms with van der Waals surface area (Å²) in [7, 11) is -3.58. The summed E-state index contributed by atoms with van der Waals surface area (Å²) in [5, 5.41) is 2.84. The molecule has 1 aliphatic carbocycles. The number of nitrogens with zero attached hydrogens (tertiary/aromatic N) is 1. The Bertz CT molecular complexity index is 1130. The Balaban J connectivity index is 1.28. The van der Waals surface area contributed by atoms with Crippen molar-refractivity contribution in [1.82, 2.24) is 9.62 Å². The number of halogens is 2. The van der Waals surface area contributed by atoms with Crippen LogP contribution in [0.15, 0.2) is 41.3 Å². The maximum atomic E-state index is 13.7. The van der Waals surface area contributed by atoms with Gasteiger partial charge in [-0.15, -0.1) is 0 Å². The Hall–Kier alpha value is -2.52. The minimum absolute atomic E-state index is 0.0276. The molecule has 178 valence electrons. The molecule has 6 nitrogen and oxygen atoms in total. The highest BCUT2D eigenvalue weighted by Crippen LogP contribution is 2.28. The zero-order valence-corrected chi connectivity index (χ0v) is 19.3. The van der Waals surface area contributed by atoms with Gasteiger partial charge in [-0.25, -0.2) is 17.2 Å². The van der Waals surface area contributed by atoms with Gasteiger partial charge in [-0.3, -0.25) is 4.79 Å². The fourth-order valence-electron chi connectivity index (χ4n) is 4.43. The Morgan fingerprint density at radius 3 is 2.58 bits per heavy atom. The van der Waals surface area contributed by atoms with Crippen molar-refractivity contribution in [2.45, 2.75) is 50.0 Å². The molecule has 9 heteroatoms. The molecule has 2 aromatic rings. The summed E-state index contributed by atoms with van der Waals surface area (Å²) in [5.41, 5.74) is 2.34. The first-order valence-corrected chi connectivity index (χ1v) is 12.7. The van der Waals surface area contributed by atoms with Crippen LogP contribution in [-0.2, 0) is 27.7 Å². The number of benzene rings is 2. The number of hydrogen-bond donors (Lipinski definition) is 1. The molecule has 1 aliphatic heterocycles. The maximum Gasteiger partial charge on any atom is 0.243 e. The maximum absolute atomic E-state index is 13.7. The molecule has 2 aromatic carbocycles. The van der Waals surface area contributed by atoms with Gasteiger partial charge in [0.25, 0.3) is 0 Å². The lowest BCUT2D eigenvalue weighted by molar-refractivity contribution is -0.126. The predicted octanol–water partition coefficient (Wildman–Crippen LogP) is 3.44. The molecule has 0 bridgehead atoms. The number of rotatable bonds is 7. The molecular formula is C24H28F2N2O4S. The second-order valence-electron chi connectivity index (χ2n) is 8.76. The number of fused-ring (bicyclic) bond motifs is 1. The molecule has 33 heavy (non-hydrogen) atoms. The number of aryl methyl sites for hydroxylation is 2. The van der Waals surface area contributed by atoms with Gasteiger partial charge in [0.15, 0.2) is 11.6 Å². The van der Waals surface area contributed by atoms with Crippen LogP contribution in [0.1, 0.15) is 37.3 Å². The average Bonchev–Trinajstić information content (AvgIpc) is 3.26. The lowest BCUT2D eigenvalue weighted by Crippen LogP contribution is -2.45. The van der Waals surface area contributed by atoms with Crippen molar-refractivity contribution < 1.29 is 26.7 Å². The molecule has 1 N–H and O–H groups in total. The molecule has 0 saturated carbocycles. The van der Waals surface area contributed by atoms with E-state index in [1.54, 1.807) is 19.1 Å². The topological polar surface area (TPSA) is 75.7 Å². The van der Waals surface area contributed by atoms with Gasteiger partial charge in [0.05, 0.1) is 10.9 Å². The number of carbonyl (C=O) groups excluding carboxylic acids is 1. The second kappa shape index (κ2) is 9.77. The second-order valence-corrected chi connectivity index (χ2v) is 10.7. The zero-order chi connectivity index (χ0) is 23.6. The van der Waals surface area contributed by atoms with Crippen molar-refractivity contribution in [3.63, 3.8) is 0 Å². The van der Waals surface area contributed by atoms with E-state index in [9.17, 15) is 22.0 Å². The Kier molecular flexibility index (Phi) is 6.99. The first-order valence-electron chi connectivity index (χ1n) is 11.2. The van der Waals surface area contributed by atoms with E-state index in [-0.39, 0.29) is 37.3 Å². The molecule has 0 aromatic heterocycles. The van der Waals surface area contributed by atoms with Crippen LogP contribution in [0, 0.1) is 17.6 Å². The van der Waals surface area contributed by atoms with Crippen molar-refractivity contribution in [3.05, 3.63) is 59.2 Å². The van der Waals surface area contributed by atoms with E-state index in [2.05, 4.69) is 5.32 Å². The number of piperidine rings is 1. The van der Waals surface area contributed by atoms with Crippen LogP contribution in [0.4, 0.5) is 8.78 Å². The van der Waals surface area contributed by atoms with Crippen LogP contribution in [0.2, 0.25) is 0 Å². The van der Waals surface area contributed by atoms with Gasteiger partial charge in [0.2, 0.25) is 15.9 Å². The molecule has 1 fully saturated rings. The highest BCUT2D eigenvalue weighted by molar-refractivity contribution is 7.89. The number of ether oxygens (including phenoxy) is 1. The highest BCUT2D eigenvalue weighted by Gasteiger charge is 2.33. The summed E-state index contributed by atoms with van der Waals surface area (Å²) >= 11 is 0. The largest absolute Gasteiger partial charge is 0.488 e. The highest BCUT2D eigenvalue weighted by atomic mass is 32.2. The SMILES string of the molecule is CC(COc1ccc(F)cc1F)NC(=O)C1CCN(S(=O)(=O)c2ccc3c(c2)CCC3)CC1. The van der Waals surface area contributed by atoms with Crippen LogP contribution in [0.5, 0.6) is 5.75 Å². The summed E-state index contributed by atoms with van der Waals surface area (Å²) in [4.78, 5) is 13.0. The zero-order valence-electron chi connectivity index (χ0n) is 18.5. The molecule has 1 amide bonds. The third-order valence-electron chi connectivity index (χ3n) is 6.30. The van der Waals surface area contributed by atoms with Crippen molar-refractivity contribution in [1.29, 1.82) is 0 Å². The van der Waals surface area contributed by atoms with Crippen molar-refractivity contribution in [3.8, 4) is 5.75 Å². The molecule has 0 radical (unpaired) electrons. The van der Waals surface area contributed by atoms with E-state index in [0.717, 1.165) is 37.0 Å². The smallest absolute Gasteiger partial charge is 0.243 e. The third kappa shape index (κ3) is 5.35. The first kappa shape index (κ1) is 23.6. The summed E-state index contributed by atoms with van der Waals surface area (Å²) in [5.74, 6) is -2.06. The van der Waals surface area contributed by atoms with Gasteiger partial charge in [-0.05, 0) is 74.4 Å². The number of carbonyl (C=O) groups is 1. The fourth-order valence-corrected chi connectivity index (χ4v) is 5.95. The number of amides is 1. The monoisotopic (exact) mass is 478 g/mol. The molecule has 1 atom stereocenters. The summed E-state index contributed by atoms with van der Waals surface area (Å²) in [6, 6.07) is 8.05. The van der Waals surface area contributed by atoms with Gasteiger partial charge in [0, 0.05) is 25.1 Å². The van der Waals surface area contributed by atoms with Crippen LogP contribution in [0.25, 0.3) is 0 Å². The molecule has 0 spiro atoms. The summed E-state index contributed by atoms with van der Waals surface area (Å²) < 4.78 is 59.6. The van der Waals surface area contributed by atoms with E-state index >= 15 is 0 Å². The van der Waals surface area contributed by atoms with E-state index < -0.39 is 27.7 Å². The van der Waals surface area contributed by atoms with E-state index in [1.807, 2.05) is 6.07 Å². The molecule has 1 unspecified atom stereocenters. The van der Waals surface area contributed by atoms with Crippen LogP contribution < -0.4 is 10.1 Å². The van der Waals surface area contributed by atoms with E-state index in [1.165, 1.54) is 15.9 Å². The molecule has 1 saturated heterocycles. The molecule has 4 rings (SSSR count). The van der Waals surface area contributed by atoms with Crippen LogP contribution in [0.3, 0.4) is 0 Å². The Morgan fingerprint density at radius 2 is 1.85 bits per heavy atom. The van der Waals surface area contributed by atoms with Crippen molar-refractivity contribution in [2.24, 2.45) is 5.92 Å². The van der Waals surface area contributed by atoms with E-state index in [0.29, 0.717) is 17.7 Å². The van der Waals surface area contributed by atoms with Gasteiger partial charge in [-0.1, -0.05) is 6.07 Å². The van der Waals surface area contributed by atoms with Crippen LogP contribution >= 0.6 is 0 Å². The standard InChI is InChI=1S/C24H28F2N2O4S/c1-16(15-32-23-8-6-20(25)14-22(23)26)27-24(29)18-9-11-28(12-10-18)33(30,31)21-7-5-17-3-2-4-19(17)13-21/h5-8,13-14,16,18H,2-4,9-12,15H2,1H3,(H,27,29). The Morgan fingerprint density at radius 1 is 1.12 bits per heavy atom. The Labute approximate surface area is 193 Å². The lowest BCUT2D eigenvalue weighted by atomic mass is 9.97. The molecule has 2 aliphatic rings. The van der Waals surface area contributed by atoms with Gasteiger partial charge in [0.1, 0.15) is 12.4 Å². The number of sulfonamides is 1. The number of hydrogen-bond acceptors (Lipinski definition) is 4. The third-order valence-corrected chi connectivity index (χ3v) is 8.20. The molecule has 1 heterocycles. The molecular weight excluding hydrogens is 450 g/mol. The fraction of sp³-hybridized carbons (Fsp3) is 0.458. The minimum Gasteiger partial charge on any atom is -0.488 e. The normalized spacial score (nSPS) is 18.0. The minimum atomic E-state index is -3.58. The number of nitrogens with one attached hydrogen (secondary N) is 1. The predicted molar refractivity (Wildman–Crippen MR) is 119 cm³/mol. The van der Waals surface area contributed by atoms with Crippen LogP contribution in [-0.4, -0.2) is 44.4 Å². The van der Waals surface area contributed by atoms with Gasteiger partial charge < -0.3 is 10.1 Å². The average molecular weight is 479 g/mol. The summed E-state index contributed by atoms with van der Waals surface area (Å²) in [6.45, 7) is 2.32. The summed E-state index contributed by atoms with van der Waals surface area (Å²) in [6.07, 6.45) is 3.82. The van der Waals surface area contributed by atoms with Crippen molar-refractivity contribution in [2.75, 3.05) is 19.7 Å². The van der Waals surface area contributed by atoms with E-state index in [4.69, 9.17) is 4.74 Å².